The molecule has 2 heterocycles. The standard InChI is InChI=1S/C14H14N4/c1-9-13(15)14(17-8-16-9)11-7-18(2)12-6-4-3-5-10(11)12/h3-8H,15H2,1-2H3. The lowest BCUT2D eigenvalue weighted by Crippen LogP contribution is -1.98. The lowest BCUT2D eigenvalue weighted by molar-refractivity contribution is 0.969. The monoisotopic (exact) mass is 238 g/mol. The normalized spacial score (nSPS) is 11.0. The van der Waals surface area contributed by atoms with Crippen LogP contribution in [0.15, 0.2) is 36.8 Å². The SMILES string of the molecule is Cc1ncnc(-c2cn(C)c3ccccc23)c1N. The molecule has 2 aromatic heterocycles. The van der Waals surface area contributed by atoms with Gasteiger partial charge in [0.25, 0.3) is 0 Å². The Hall–Kier alpha value is -2.36. The topological polar surface area (TPSA) is 56.7 Å². The fraction of sp³-hybridized carbons (Fsp3) is 0.143. The number of rotatable bonds is 1. The second kappa shape index (κ2) is 3.84. The summed E-state index contributed by atoms with van der Waals surface area (Å²) in [6.45, 7) is 1.89. The molecule has 0 atom stereocenters. The summed E-state index contributed by atoms with van der Waals surface area (Å²) in [6, 6.07) is 8.22. The number of fused-ring (bicyclic) bond motifs is 1. The maximum atomic E-state index is 6.08. The highest BCUT2D eigenvalue weighted by Gasteiger charge is 2.13. The van der Waals surface area contributed by atoms with E-state index in [1.807, 2.05) is 26.1 Å². The predicted octanol–water partition coefficient (Wildman–Crippen LogP) is 2.53. The highest BCUT2D eigenvalue weighted by molar-refractivity contribution is 5.97. The molecule has 0 fully saturated rings. The summed E-state index contributed by atoms with van der Waals surface area (Å²) in [5, 5.41) is 1.16. The van der Waals surface area contributed by atoms with Gasteiger partial charge in [0.2, 0.25) is 0 Å². The second-order valence-corrected chi connectivity index (χ2v) is 4.39. The zero-order valence-electron chi connectivity index (χ0n) is 10.4. The van der Waals surface area contributed by atoms with Gasteiger partial charge in [0.1, 0.15) is 6.33 Å². The number of nitrogen functional groups attached to an aromatic ring is 1. The van der Waals surface area contributed by atoms with Crippen LogP contribution >= 0.6 is 0 Å². The summed E-state index contributed by atoms with van der Waals surface area (Å²) in [4.78, 5) is 8.43. The largest absolute Gasteiger partial charge is 0.395 e. The number of hydrogen-bond donors (Lipinski definition) is 1. The van der Waals surface area contributed by atoms with E-state index in [2.05, 4.69) is 32.9 Å². The summed E-state index contributed by atoms with van der Waals surface area (Å²) in [5.41, 5.74) is 10.6. The lowest BCUT2D eigenvalue weighted by atomic mass is 10.1. The summed E-state index contributed by atoms with van der Waals surface area (Å²) < 4.78 is 2.08. The number of nitrogens with zero attached hydrogens (tertiary/aromatic N) is 3. The molecule has 0 spiro atoms. The van der Waals surface area contributed by atoms with E-state index in [1.165, 1.54) is 5.52 Å². The van der Waals surface area contributed by atoms with Gasteiger partial charge in [-0.1, -0.05) is 18.2 Å². The van der Waals surface area contributed by atoms with Gasteiger partial charge in [0, 0.05) is 29.7 Å². The minimum atomic E-state index is 0.647. The highest BCUT2D eigenvalue weighted by atomic mass is 14.9. The van der Waals surface area contributed by atoms with Crippen molar-refractivity contribution in [1.29, 1.82) is 0 Å². The molecule has 4 heteroatoms. The summed E-state index contributed by atoms with van der Waals surface area (Å²) >= 11 is 0. The maximum absolute atomic E-state index is 6.08. The molecule has 3 rings (SSSR count). The quantitative estimate of drug-likeness (QED) is 0.708. The number of nitrogens with two attached hydrogens (primary N) is 1. The number of benzene rings is 1. The zero-order chi connectivity index (χ0) is 12.7. The van der Waals surface area contributed by atoms with Gasteiger partial charge in [-0.3, -0.25) is 0 Å². The fourth-order valence-electron chi connectivity index (χ4n) is 2.23. The lowest BCUT2D eigenvalue weighted by Gasteiger charge is -2.04. The molecule has 0 aliphatic heterocycles. The fourth-order valence-corrected chi connectivity index (χ4v) is 2.23. The van der Waals surface area contributed by atoms with E-state index in [0.29, 0.717) is 5.69 Å². The van der Waals surface area contributed by atoms with Gasteiger partial charge in [-0.2, -0.15) is 0 Å². The zero-order valence-corrected chi connectivity index (χ0v) is 10.4. The Labute approximate surface area is 105 Å². The van der Waals surface area contributed by atoms with Crippen LogP contribution in [0.25, 0.3) is 22.2 Å². The molecule has 3 aromatic rings. The van der Waals surface area contributed by atoms with E-state index in [-0.39, 0.29) is 0 Å². The Bertz CT molecular complexity index is 728. The van der Waals surface area contributed by atoms with Gasteiger partial charge >= 0.3 is 0 Å². The summed E-state index contributed by atoms with van der Waals surface area (Å²) in [6.07, 6.45) is 3.62. The van der Waals surface area contributed by atoms with Crippen molar-refractivity contribution in [2.45, 2.75) is 6.92 Å². The van der Waals surface area contributed by atoms with E-state index in [9.17, 15) is 0 Å². The van der Waals surface area contributed by atoms with Crippen LogP contribution in [0.5, 0.6) is 0 Å². The molecule has 0 saturated carbocycles. The maximum Gasteiger partial charge on any atom is 0.116 e. The molecule has 0 radical (unpaired) electrons. The minimum absolute atomic E-state index is 0.647. The molecule has 18 heavy (non-hydrogen) atoms. The first-order valence-corrected chi connectivity index (χ1v) is 5.80. The Balaban J connectivity index is 2.36. The van der Waals surface area contributed by atoms with Crippen LogP contribution in [0.2, 0.25) is 0 Å². The Kier molecular flexibility index (Phi) is 2.30. The Morgan fingerprint density at radius 2 is 1.94 bits per heavy atom. The predicted molar refractivity (Wildman–Crippen MR) is 73.1 cm³/mol. The molecular weight excluding hydrogens is 224 g/mol. The smallest absolute Gasteiger partial charge is 0.116 e. The average molecular weight is 238 g/mol. The van der Waals surface area contributed by atoms with E-state index >= 15 is 0 Å². The number of aromatic nitrogens is 3. The number of hydrogen-bond acceptors (Lipinski definition) is 3. The first-order chi connectivity index (χ1) is 8.68. The first-order valence-electron chi connectivity index (χ1n) is 5.80. The molecule has 90 valence electrons. The van der Waals surface area contributed by atoms with Gasteiger partial charge in [-0.15, -0.1) is 0 Å². The van der Waals surface area contributed by atoms with E-state index in [1.54, 1.807) is 6.33 Å². The Morgan fingerprint density at radius 3 is 2.78 bits per heavy atom. The molecular formula is C14H14N4. The van der Waals surface area contributed by atoms with E-state index in [4.69, 9.17) is 5.73 Å². The number of para-hydroxylation sites is 1. The number of aryl methyl sites for hydroxylation is 2. The molecule has 0 saturated heterocycles. The molecule has 2 N–H and O–H groups in total. The third kappa shape index (κ3) is 1.46. The molecule has 0 bridgehead atoms. The number of anilines is 1. The summed E-state index contributed by atoms with van der Waals surface area (Å²) in [5.74, 6) is 0. The molecule has 0 aliphatic rings. The van der Waals surface area contributed by atoms with Gasteiger partial charge in [0.05, 0.1) is 17.1 Å². The first kappa shape index (κ1) is 10.8. The van der Waals surface area contributed by atoms with Gasteiger partial charge in [-0.05, 0) is 13.0 Å². The van der Waals surface area contributed by atoms with E-state index in [0.717, 1.165) is 22.3 Å². The second-order valence-electron chi connectivity index (χ2n) is 4.39. The molecule has 0 unspecified atom stereocenters. The van der Waals surface area contributed by atoms with Crippen molar-refractivity contribution in [2.75, 3.05) is 5.73 Å². The van der Waals surface area contributed by atoms with Crippen LogP contribution in [0.4, 0.5) is 5.69 Å². The third-order valence-corrected chi connectivity index (χ3v) is 3.24. The highest BCUT2D eigenvalue weighted by Crippen LogP contribution is 2.32. The molecule has 0 amide bonds. The molecule has 4 nitrogen and oxygen atoms in total. The average Bonchev–Trinajstić information content (AvgIpc) is 2.71. The van der Waals surface area contributed by atoms with Gasteiger partial charge in [-0.25, -0.2) is 9.97 Å². The molecule has 1 aromatic carbocycles. The van der Waals surface area contributed by atoms with E-state index < -0.39 is 0 Å². The van der Waals surface area contributed by atoms with Crippen molar-refractivity contribution in [3.05, 3.63) is 42.5 Å². The van der Waals surface area contributed by atoms with Crippen LogP contribution in [-0.4, -0.2) is 14.5 Å². The van der Waals surface area contributed by atoms with Crippen molar-refractivity contribution in [3.63, 3.8) is 0 Å². The van der Waals surface area contributed by atoms with Crippen LogP contribution in [-0.2, 0) is 7.05 Å². The third-order valence-electron chi connectivity index (χ3n) is 3.24. The Morgan fingerprint density at radius 1 is 1.17 bits per heavy atom. The van der Waals surface area contributed by atoms with Crippen molar-refractivity contribution in [2.24, 2.45) is 7.05 Å². The van der Waals surface area contributed by atoms with Crippen molar-refractivity contribution in [1.82, 2.24) is 14.5 Å². The van der Waals surface area contributed by atoms with Crippen LogP contribution in [0.3, 0.4) is 0 Å². The summed E-state index contributed by atoms with van der Waals surface area (Å²) in [7, 11) is 2.02. The molecule has 0 aliphatic carbocycles. The van der Waals surface area contributed by atoms with Crippen LogP contribution < -0.4 is 5.73 Å². The van der Waals surface area contributed by atoms with Crippen molar-refractivity contribution >= 4 is 16.6 Å². The van der Waals surface area contributed by atoms with Crippen LogP contribution in [0.1, 0.15) is 5.69 Å². The van der Waals surface area contributed by atoms with Crippen molar-refractivity contribution in [3.8, 4) is 11.3 Å². The van der Waals surface area contributed by atoms with Crippen molar-refractivity contribution < 1.29 is 0 Å². The minimum Gasteiger partial charge on any atom is -0.395 e. The van der Waals surface area contributed by atoms with Gasteiger partial charge in [0.15, 0.2) is 0 Å². The van der Waals surface area contributed by atoms with Gasteiger partial charge < -0.3 is 10.3 Å². The van der Waals surface area contributed by atoms with Crippen LogP contribution in [0, 0.1) is 6.92 Å².